The van der Waals surface area contributed by atoms with E-state index in [-0.39, 0.29) is 23.7 Å². The van der Waals surface area contributed by atoms with Gasteiger partial charge in [0.25, 0.3) is 5.91 Å². The molecule has 0 aromatic heterocycles. The van der Waals surface area contributed by atoms with Crippen molar-refractivity contribution in [2.75, 3.05) is 20.2 Å². The Hall–Kier alpha value is -0.530. The molecule has 0 bridgehead atoms. The Bertz CT molecular complexity index is 594. The highest BCUT2D eigenvalue weighted by Gasteiger charge is 2.38. The summed E-state index contributed by atoms with van der Waals surface area (Å²) in [6, 6.07) is 3.21. The number of hydrogen-bond donors (Lipinski definition) is 0. The van der Waals surface area contributed by atoms with Gasteiger partial charge in [0, 0.05) is 21.7 Å². The van der Waals surface area contributed by atoms with Crippen molar-refractivity contribution in [1.29, 1.82) is 0 Å². The maximum absolute atomic E-state index is 12.6. The van der Waals surface area contributed by atoms with Gasteiger partial charge >= 0.3 is 5.97 Å². The molecule has 0 aliphatic carbocycles. The van der Waals surface area contributed by atoms with Crippen LogP contribution in [0.2, 0.25) is 10.0 Å². The summed E-state index contributed by atoms with van der Waals surface area (Å²) in [5, 5.41) is 0.865. The molecule has 2 atom stereocenters. The van der Waals surface area contributed by atoms with Crippen molar-refractivity contribution >= 4 is 57.7 Å². The lowest BCUT2D eigenvalue weighted by Crippen LogP contribution is -2.30. The lowest BCUT2D eigenvalue weighted by atomic mass is 9.99. The number of hydrogen-bond acceptors (Lipinski definition) is 3. The van der Waals surface area contributed by atoms with E-state index in [0.717, 1.165) is 0 Å². The monoisotopic (exact) mass is 441 g/mol. The molecule has 2 unspecified atom stereocenters. The largest absolute Gasteiger partial charge is 0.469 e. The first-order chi connectivity index (χ1) is 9.85. The Morgan fingerprint density at radius 1 is 1.33 bits per heavy atom. The fraction of sp³-hybridized carbons (Fsp3) is 0.429. The third-order valence-corrected chi connectivity index (χ3v) is 5.62. The van der Waals surface area contributed by atoms with E-state index in [1.165, 1.54) is 7.11 Å². The number of esters is 1. The minimum absolute atomic E-state index is 0.0636. The Balaban J connectivity index is 2.24. The van der Waals surface area contributed by atoms with E-state index < -0.39 is 0 Å². The number of carbonyl (C=O) groups excluding carboxylic acids is 2. The van der Waals surface area contributed by atoms with Crippen molar-refractivity contribution in [2.45, 2.75) is 6.92 Å². The number of methoxy groups -OCH3 is 1. The fourth-order valence-corrected chi connectivity index (χ4v) is 3.51. The predicted molar refractivity (Wildman–Crippen MR) is 89.8 cm³/mol. The minimum atomic E-state index is -0.286. The van der Waals surface area contributed by atoms with Gasteiger partial charge in [-0.05, 0) is 40.6 Å². The van der Waals surface area contributed by atoms with Gasteiger partial charge in [0.2, 0.25) is 0 Å². The van der Waals surface area contributed by atoms with Gasteiger partial charge < -0.3 is 9.64 Å². The SMILES string of the molecule is COC(=O)C1CN(C(=O)c2cc(Cl)cc(Cl)c2I)CC1C. The van der Waals surface area contributed by atoms with Gasteiger partial charge in [0.05, 0.1) is 23.6 Å². The van der Waals surface area contributed by atoms with Crippen LogP contribution in [0.1, 0.15) is 17.3 Å². The summed E-state index contributed by atoms with van der Waals surface area (Å²) in [6.45, 7) is 2.80. The number of nitrogens with zero attached hydrogens (tertiary/aromatic N) is 1. The smallest absolute Gasteiger partial charge is 0.310 e. The number of likely N-dealkylation sites (tertiary alicyclic amines) is 1. The second kappa shape index (κ2) is 6.71. The van der Waals surface area contributed by atoms with Crippen LogP contribution in [0.3, 0.4) is 0 Å². The third kappa shape index (κ3) is 3.46. The van der Waals surface area contributed by atoms with Crippen molar-refractivity contribution in [3.63, 3.8) is 0 Å². The second-order valence-corrected chi connectivity index (χ2v) is 6.99. The molecule has 2 rings (SSSR count). The molecular weight excluding hydrogens is 428 g/mol. The molecule has 1 aromatic rings. The number of amides is 1. The van der Waals surface area contributed by atoms with Gasteiger partial charge in [0.15, 0.2) is 0 Å². The first-order valence-corrected chi connectivity index (χ1v) is 8.20. The molecule has 21 heavy (non-hydrogen) atoms. The summed E-state index contributed by atoms with van der Waals surface area (Å²) in [5.74, 6) is -0.668. The molecule has 4 nitrogen and oxygen atoms in total. The molecule has 1 aromatic carbocycles. The number of benzene rings is 1. The van der Waals surface area contributed by atoms with Crippen LogP contribution in [0.15, 0.2) is 12.1 Å². The van der Waals surface area contributed by atoms with Crippen LogP contribution < -0.4 is 0 Å². The van der Waals surface area contributed by atoms with Crippen LogP contribution in [-0.4, -0.2) is 37.0 Å². The molecule has 1 aliphatic rings. The van der Waals surface area contributed by atoms with Crippen molar-refractivity contribution in [2.24, 2.45) is 11.8 Å². The summed E-state index contributed by atoms with van der Waals surface area (Å²) < 4.78 is 5.44. The maximum atomic E-state index is 12.6. The summed E-state index contributed by atoms with van der Waals surface area (Å²) >= 11 is 14.1. The highest BCUT2D eigenvalue weighted by Crippen LogP contribution is 2.30. The first-order valence-electron chi connectivity index (χ1n) is 6.36. The van der Waals surface area contributed by atoms with Gasteiger partial charge in [-0.3, -0.25) is 9.59 Å². The van der Waals surface area contributed by atoms with Crippen molar-refractivity contribution < 1.29 is 14.3 Å². The summed E-state index contributed by atoms with van der Waals surface area (Å²) in [4.78, 5) is 26.0. The maximum Gasteiger partial charge on any atom is 0.310 e. The van der Waals surface area contributed by atoms with Gasteiger partial charge in [-0.2, -0.15) is 0 Å². The van der Waals surface area contributed by atoms with E-state index in [1.54, 1.807) is 17.0 Å². The van der Waals surface area contributed by atoms with Crippen LogP contribution in [0, 0.1) is 15.4 Å². The molecule has 1 amide bonds. The van der Waals surface area contributed by atoms with E-state index in [4.69, 9.17) is 27.9 Å². The standard InChI is InChI=1S/C14H14Cl2INO3/c1-7-5-18(6-10(7)14(20)21-2)13(19)9-3-8(15)4-11(16)12(9)17/h3-4,7,10H,5-6H2,1-2H3. The molecule has 1 aliphatic heterocycles. The predicted octanol–water partition coefficient (Wildman–Crippen LogP) is 3.48. The van der Waals surface area contributed by atoms with E-state index >= 15 is 0 Å². The van der Waals surface area contributed by atoms with Crippen LogP contribution in [0.4, 0.5) is 0 Å². The van der Waals surface area contributed by atoms with Crippen molar-refractivity contribution in [3.8, 4) is 0 Å². The summed E-state index contributed by atoms with van der Waals surface area (Å²) in [5.41, 5.74) is 0.464. The number of ether oxygens (including phenoxy) is 1. The number of rotatable bonds is 2. The Morgan fingerprint density at radius 2 is 2.00 bits per heavy atom. The second-order valence-electron chi connectivity index (χ2n) is 5.07. The van der Waals surface area contributed by atoms with Crippen LogP contribution in [0.25, 0.3) is 0 Å². The molecule has 1 heterocycles. The molecule has 0 spiro atoms. The highest BCUT2D eigenvalue weighted by molar-refractivity contribution is 14.1. The molecule has 1 fully saturated rings. The van der Waals surface area contributed by atoms with Crippen molar-refractivity contribution in [1.82, 2.24) is 4.90 Å². The summed E-state index contributed by atoms with van der Waals surface area (Å²) in [6.07, 6.45) is 0. The van der Waals surface area contributed by atoms with Gasteiger partial charge in [-0.25, -0.2) is 0 Å². The highest BCUT2D eigenvalue weighted by atomic mass is 127. The Kier molecular flexibility index (Phi) is 5.38. The number of carbonyl (C=O) groups is 2. The topological polar surface area (TPSA) is 46.6 Å². The average Bonchev–Trinajstić information content (AvgIpc) is 2.83. The van der Waals surface area contributed by atoms with Gasteiger partial charge in [0.1, 0.15) is 0 Å². The fourth-order valence-electron chi connectivity index (χ4n) is 2.47. The number of halogens is 3. The molecule has 7 heteroatoms. The van der Waals surface area contributed by atoms with E-state index in [1.807, 2.05) is 29.5 Å². The first kappa shape index (κ1) is 16.8. The lowest BCUT2D eigenvalue weighted by Gasteiger charge is -2.17. The summed E-state index contributed by atoms with van der Waals surface area (Å²) in [7, 11) is 1.36. The van der Waals surface area contributed by atoms with Crippen LogP contribution >= 0.6 is 45.8 Å². The van der Waals surface area contributed by atoms with E-state index in [0.29, 0.717) is 32.3 Å². The third-order valence-electron chi connectivity index (χ3n) is 3.63. The quantitative estimate of drug-likeness (QED) is 0.401. The van der Waals surface area contributed by atoms with Crippen molar-refractivity contribution in [3.05, 3.63) is 31.3 Å². The zero-order valence-corrected chi connectivity index (χ0v) is 15.2. The van der Waals surface area contributed by atoms with Crippen LogP contribution in [-0.2, 0) is 9.53 Å². The Morgan fingerprint density at radius 3 is 2.62 bits per heavy atom. The van der Waals surface area contributed by atoms with Gasteiger partial charge in [-0.15, -0.1) is 0 Å². The lowest BCUT2D eigenvalue weighted by molar-refractivity contribution is -0.146. The molecular formula is C14H14Cl2INO3. The van der Waals surface area contributed by atoms with Crippen LogP contribution in [0.5, 0.6) is 0 Å². The molecule has 1 saturated heterocycles. The molecule has 0 N–H and O–H groups in total. The van der Waals surface area contributed by atoms with E-state index in [9.17, 15) is 9.59 Å². The molecule has 0 saturated carbocycles. The zero-order chi connectivity index (χ0) is 15.7. The van der Waals surface area contributed by atoms with E-state index in [2.05, 4.69) is 0 Å². The van der Waals surface area contributed by atoms with Gasteiger partial charge in [-0.1, -0.05) is 30.1 Å². The minimum Gasteiger partial charge on any atom is -0.469 e. The zero-order valence-electron chi connectivity index (χ0n) is 11.5. The molecule has 0 radical (unpaired) electrons. The average molecular weight is 442 g/mol. The normalized spacial score (nSPS) is 21.5. The Labute approximate surface area is 146 Å². The molecule has 114 valence electrons.